The van der Waals surface area contributed by atoms with Gasteiger partial charge in [-0.1, -0.05) is 0 Å². The van der Waals surface area contributed by atoms with Crippen molar-refractivity contribution in [3.05, 3.63) is 34.4 Å². The second-order valence-corrected chi connectivity index (χ2v) is 8.71. The number of nitrogens with one attached hydrogen (secondary N) is 1. The average Bonchev–Trinajstić information content (AvgIpc) is 3.46. The number of aromatic nitrogens is 4. The van der Waals surface area contributed by atoms with Gasteiger partial charge in [0.15, 0.2) is 0 Å². The van der Waals surface area contributed by atoms with E-state index in [4.69, 9.17) is 4.74 Å². The summed E-state index contributed by atoms with van der Waals surface area (Å²) in [6.45, 7) is 10.2. The van der Waals surface area contributed by atoms with Crippen molar-refractivity contribution in [1.82, 2.24) is 29.4 Å². The first kappa shape index (κ1) is 25.6. The standard InChI is InChI=1S/C21H30N8O6/c1-6-35-20(32)26-9-7-25(8-10-26)18(30)15(3)27-13-17(14(2)24-27)23-19(31)21(4,5)28-12-16(11-22-28)29(33)34/h11-13,15H,6-10H2,1-5H3,(H,23,31). The summed E-state index contributed by atoms with van der Waals surface area (Å²) in [7, 11) is 0. The Hall–Kier alpha value is -3.97. The van der Waals surface area contributed by atoms with Gasteiger partial charge >= 0.3 is 11.8 Å². The summed E-state index contributed by atoms with van der Waals surface area (Å²) >= 11 is 0. The molecule has 14 heteroatoms. The summed E-state index contributed by atoms with van der Waals surface area (Å²) in [5.74, 6) is -0.606. The van der Waals surface area contributed by atoms with Crippen molar-refractivity contribution in [3.8, 4) is 0 Å². The zero-order chi connectivity index (χ0) is 25.9. The highest BCUT2D eigenvalue weighted by Crippen LogP contribution is 2.23. The Kier molecular flexibility index (Phi) is 7.41. The zero-order valence-electron chi connectivity index (χ0n) is 20.4. The Morgan fingerprint density at radius 2 is 1.83 bits per heavy atom. The Morgan fingerprint density at radius 1 is 1.20 bits per heavy atom. The number of hydrogen-bond donors (Lipinski definition) is 1. The minimum absolute atomic E-state index is 0.155. The molecule has 0 saturated carbocycles. The molecule has 3 heterocycles. The van der Waals surface area contributed by atoms with Gasteiger partial charge in [-0.15, -0.1) is 0 Å². The lowest BCUT2D eigenvalue weighted by atomic mass is 10.0. The fraction of sp³-hybridized carbons (Fsp3) is 0.571. The first-order chi connectivity index (χ1) is 16.4. The third kappa shape index (κ3) is 5.41. The molecule has 0 spiro atoms. The number of carbonyl (C=O) groups excluding carboxylic acids is 3. The molecule has 3 amide bonds. The summed E-state index contributed by atoms with van der Waals surface area (Å²) in [5, 5.41) is 22.0. The summed E-state index contributed by atoms with van der Waals surface area (Å²) in [6.07, 6.45) is 3.46. The molecule has 1 fully saturated rings. The summed E-state index contributed by atoms with van der Waals surface area (Å²) in [4.78, 5) is 51.4. The van der Waals surface area contributed by atoms with E-state index in [1.54, 1.807) is 50.6 Å². The maximum absolute atomic E-state index is 13.0. The zero-order valence-corrected chi connectivity index (χ0v) is 20.4. The van der Waals surface area contributed by atoms with Crippen molar-refractivity contribution < 1.29 is 24.0 Å². The van der Waals surface area contributed by atoms with Crippen LogP contribution in [0, 0.1) is 17.0 Å². The average molecular weight is 491 g/mol. The molecule has 2 aromatic heterocycles. The van der Waals surface area contributed by atoms with E-state index in [1.165, 1.54) is 15.6 Å². The highest BCUT2D eigenvalue weighted by Gasteiger charge is 2.33. The number of nitrogens with zero attached hydrogens (tertiary/aromatic N) is 7. The van der Waals surface area contributed by atoms with Crippen LogP contribution in [0.15, 0.2) is 18.6 Å². The minimum Gasteiger partial charge on any atom is -0.450 e. The number of aryl methyl sites for hydroxylation is 1. The van der Waals surface area contributed by atoms with E-state index >= 15 is 0 Å². The highest BCUT2D eigenvalue weighted by molar-refractivity contribution is 5.96. The minimum atomic E-state index is -1.22. The van der Waals surface area contributed by atoms with Crippen molar-refractivity contribution in [2.75, 3.05) is 38.1 Å². The molecule has 1 unspecified atom stereocenters. The van der Waals surface area contributed by atoms with Crippen LogP contribution in [0.4, 0.5) is 16.2 Å². The van der Waals surface area contributed by atoms with Crippen LogP contribution in [0.2, 0.25) is 0 Å². The molecule has 0 radical (unpaired) electrons. The van der Waals surface area contributed by atoms with E-state index in [0.29, 0.717) is 44.2 Å². The molecular formula is C21H30N8O6. The number of amides is 3. The van der Waals surface area contributed by atoms with Crippen molar-refractivity contribution in [1.29, 1.82) is 0 Å². The Balaban J connectivity index is 1.65. The predicted octanol–water partition coefficient (Wildman–Crippen LogP) is 1.53. The van der Waals surface area contributed by atoms with Gasteiger partial charge in [-0.2, -0.15) is 10.2 Å². The van der Waals surface area contributed by atoms with Gasteiger partial charge in [0.25, 0.3) is 5.91 Å². The molecule has 0 bridgehead atoms. The van der Waals surface area contributed by atoms with Crippen molar-refractivity contribution in [3.63, 3.8) is 0 Å². The van der Waals surface area contributed by atoms with E-state index < -0.39 is 22.4 Å². The molecule has 2 aromatic rings. The molecular weight excluding hydrogens is 460 g/mol. The monoisotopic (exact) mass is 490 g/mol. The SMILES string of the molecule is CCOC(=O)N1CCN(C(=O)C(C)n2cc(NC(=O)C(C)(C)n3cc([N+](=O)[O-])cn3)c(C)n2)CC1. The molecule has 1 N–H and O–H groups in total. The van der Waals surface area contributed by atoms with Crippen LogP contribution in [0.25, 0.3) is 0 Å². The lowest BCUT2D eigenvalue weighted by Crippen LogP contribution is -2.52. The molecule has 1 aliphatic heterocycles. The molecule has 1 aliphatic rings. The normalized spacial score (nSPS) is 15.0. The predicted molar refractivity (Wildman–Crippen MR) is 124 cm³/mol. The van der Waals surface area contributed by atoms with E-state index in [9.17, 15) is 24.5 Å². The van der Waals surface area contributed by atoms with Crippen LogP contribution >= 0.6 is 0 Å². The van der Waals surface area contributed by atoms with Crippen LogP contribution < -0.4 is 5.32 Å². The van der Waals surface area contributed by atoms with E-state index in [0.717, 1.165) is 6.20 Å². The molecule has 14 nitrogen and oxygen atoms in total. The number of rotatable bonds is 7. The highest BCUT2D eigenvalue weighted by atomic mass is 16.6. The van der Waals surface area contributed by atoms with Gasteiger partial charge in [0.05, 0.1) is 22.9 Å². The van der Waals surface area contributed by atoms with Crippen LogP contribution in [0.1, 0.15) is 39.4 Å². The fourth-order valence-corrected chi connectivity index (χ4v) is 3.60. The van der Waals surface area contributed by atoms with Gasteiger partial charge in [0.1, 0.15) is 24.0 Å². The van der Waals surface area contributed by atoms with Crippen LogP contribution in [-0.4, -0.2) is 85.0 Å². The number of carbonyl (C=O) groups is 3. The van der Waals surface area contributed by atoms with Gasteiger partial charge < -0.3 is 19.9 Å². The Morgan fingerprint density at radius 3 is 2.40 bits per heavy atom. The van der Waals surface area contributed by atoms with Gasteiger partial charge in [-0.05, 0) is 34.6 Å². The van der Waals surface area contributed by atoms with Crippen LogP contribution in [-0.2, 0) is 19.9 Å². The molecule has 0 aromatic carbocycles. The van der Waals surface area contributed by atoms with Crippen molar-refractivity contribution >= 4 is 29.3 Å². The topological polar surface area (TPSA) is 158 Å². The molecule has 1 atom stereocenters. The van der Waals surface area contributed by atoms with Crippen molar-refractivity contribution in [2.24, 2.45) is 0 Å². The molecule has 3 rings (SSSR count). The van der Waals surface area contributed by atoms with E-state index in [2.05, 4.69) is 15.5 Å². The maximum atomic E-state index is 13.0. The van der Waals surface area contributed by atoms with E-state index in [-0.39, 0.29) is 17.7 Å². The second-order valence-electron chi connectivity index (χ2n) is 8.71. The molecule has 1 saturated heterocycles. The number of piperazine rings is 1. The number of anilines is 1. The number of nitro groups is 1. The Bertz CT molecular complexity index is 1120. The smallest absolute Gasteiger partial charge is 0.409 e. The third-order valence-corrected chi connectivity index (χ3v) is 5.94. The summed E-state index contributed by atoms with van der Waals surface area (Å²) in [6, 6.07) is -0.629. The van der Waals surface area contributed by atoms with Crippen molar-refractivity contribution in [2.45, 2.75) is 46.2 Å². The first-order valence-electron chi connectivity index (χ1n) is 11.2. The van der Waals surface area contributed by atoms with Gasteiger partial charge in [-0.3, -0.25) is 29.1 Å². The summed E-state index contributed by atoms with van der Waals surface area (Å²) < 4.78 is 7.71. The van der Waals surface area contributed by atoms with Crippen LogP contribution in [0.5, 0.6) is 0 Å². The fourth-order valence-electron chi connectivity index (χ4n) is 3.60. The Labute approximate surface area is 201 Å². The van der Waals surface area contributed by atoms with E-state index in [1.807, 2.05) is 0 Å². The van der Waals surface area contributed by atoms with Crippen LogP contribution in [0.3, 0.4) is 0 Å². The third-order valence-electron chi connectivity index (χ3n) is 5.94. The van der Waals surface area contributed by atoms with Gasteiger partial charge in [0, 0.05) is 32.4 Å². The second kappa shape index (κ2) is 10.1. The first-order valence-corrected chi connectivity index (χ1v) is 11.2. The molecule has 190 valence electrons. The largest absolute Gasteiger partial charge is 0.450 e. The van der Waals surface area contributed by atoms with Gasteiger partial charge in [0.2, 0.25) is 5.91 Å². The lowest BCUT2D eigenvalue weighted by molar-refractivity contribution is -0.385. The summed E-state index contributed by atoms with van der Waals surface area (Å²) in [5.41, 5.74) is -0.516. The molecule has 35 heavy (non-hydrogen) atoms. The molecule has 0 aliphatic carbocycles. The van der Waals surface area contributed by atoms with Gasteiger partial charge in [-0.25, -0.2) is 4.79 Å². The maximum Gasteiger partial charge on any atom is 0.409 e. The number of ether oxygens (including phenoxy) is 1. The lowest BCUT2D eigenvalue weighted by Gasteiger charge is -2.35. The quantitative estimate of drug-likeness (QED) is 0.452. The number of hydrogen-bond acceptors (Lipinski definition) is 8.